The highest BCUT2D eigenvalue weighted by molar-refractivity contribution is 5.71. The zero-order valence-electron chi connectivity index (χ0n) is 17.4. The number of nitrogens with zero attached hydrogens (tertiary/aromatic N) is 6. The van der Waals surface area contributed by atoms with E-state index in [1.807, 2.05) is 4.68 Å². The molecule has 1 saturated heterocycles. The van der Waals surface area contributed by atoms with Gasteiger partial charge < -0.3 is 9.47 Å². The first-order chi connectivity index (χ1) is 15.2. The van der Waals surface area contributed by atoms with Gasteiger partial charge in [-0.15, -0.1) is 5.10 Å². The second kappa shape index (κ2) is 7.04. The molecule has 1 fully saturated rings. The first-order valence-corrected chi connectivity index (χ1v) is 10.8. The number of fused-ring (bicyclic) bond motifs is 5. The third-order valence-electron chi connectivity index (χ3n) is 6.43. The van der Waals surface area contributed by atoms with Gasteiger partial charge in [-0.05, 0) is 76.7 Å². The summed E-state index contributed by atoms with van der Waals surface area (Å²) < 4.78 is 17.4. The monoisotopic (exact) mass is 414 g/mol. The van der Waals surface area contributed by atoms with E-state index in [1.54, 1.807) is 12.1 Å². The minimum atomic E-state index is -0.234. The van der Waals surface area contributed by atoms with Gasteiger partial charge in [0.2, 0.25) is 5.82 Å². The average Bonchev–Trinajstić information content (AvgIpc) is 3.39. The lowest BCUT2D eigenvalue weighted by Gasteiger charge is -2.33. The first kappa shape index (κ1) is 18.3. The van der Waals surface area contributed by atoms with Crippen molar-refractivity contribution >= 4 is 5.69 Å². The third kappa shape index (κ3) is 3.12. The fraction of sp³-hybridized carbons (Fsp3) is 0.292. The first-order valence-electron chi connectivity index (χ1n) is 10.8. The standard InChI is InChI=1S/C24H23FN6/c1-16-3-2-10-29(13-16)21-8-9-22-19(11-21)15-30-14-18(17-4-6-20(25)7-5-17)12-23(30)24-26-27-28-31(22)24/h4-9,11-12,14,16H,2-3,10,13,15H2,1H3. The maximum absolute atomic E-state index is 13.4. The zero-order chi connectivity index (χ0) is 20.9. The Hall–Kier alpha value is -3.48. The molecule has 1 atom stereocenters. The van der Waals surface area contributed by atoms with E-state index in [0.717, 1.165) is 35.6 Å². The quantitative estimate of drug-likeness (QED) is 0.426. The average molecular weight is 414 g/mol. The van der Waals surface area contributed by atoms with Crippen molar-refractivity contribution in [1.82, 2.24) is 24.8 Å². The van der Waals surface area contributed by atoms with Crippen LogP contribution in [-0.4, -0.2) is 37.9 Å². The molecule has 4 heterocycles. The fourth-order valence-corrected chi connectivity index (χ4v) is 4.85. The number of benzene rings is 2. The van der Waals surface area contributed by atoms with Gasteiger partial charge >= 0.3 is 0 Å². The Bertz CT molecular complexity index is 1260. The number of anilines is 1. The lowest BCUT2D eigenvalue weighted by atomic mass is 9.99. The number of aromatic nitrogens is 5. The van der Waals surface area contributed by atoms with Gasteiger partial charge in [0.05, 0.1) is 11.4 Å². The lowest BCUT2D eigenvalue weighted by Crippen LogP contribution is -2.34. The molecule has 6 nitrogen and oxygen atoms in total. The van der Waals surface area contributed by atoms with E-state index in [-0.39, 0.29) is 5.82 Å². The van der Waals surface area contributed by atoms with E-state index in [2.05, 4.69) is 62.4 Å². The molecule has 0 saturated carbocycles. The largest absolute Gasteiger partial charge is 0.371 e. The molecule has 0 radical (unpaired) electrons. The summed E-state index contributed by atoms with van der Waals surface area (Å²) >= 11 is 0. The van der Waals surface area contributed by atoms with Crippen LogP contribution in [0.5, 0.6) is 0 Å². The van der Waals surface area contributed by atoms with Crippen LogP contribution in [0.4, 0.5) is 10.1 Å². The molecule has 31 heavy (non-hydrogen) atoms. The Kier molecular flexibility index (Phi) is 4.16. The number of hydrogen-bond acceptors (Lipinski definition) is 4. The molecule has 0 N–H and O–H groups in total. The Balaban J connectivity index is 1.44. The molecule has 0 amide bonds. The van der Waals surface area contributed by atoms with Crippen LogP contribution in [0.15, 0.2) is 54.7 Å². The van der Waals surface area contributed by atoms with Crippen molar-refractivity contribution in [2.24, 2.45) is 5.92 Å². The van der Waals surface area contributed by atoms with Gasteiger partial charge in [0, 0.05) is 37.1 Å². The molecule has 0 bridgehead atoms. The normalized spacial score (nSPS) is 17.6. The van der Waals surface area contributed by atoms with Crippen LogP contribution in [0.1, 0.15) is 25.3 Å². The summed E-state index contributed by atoms with van der Waals surface area (Å²) in [6, 6.07) is 15.3. The molecule has 2 aliphatic rings. The van der Waals surface area contributed by atoms with Crippen molar-refractivity contribution in [3.8, 4) is 28.3 Å². The third-order valence-corrected chi connectivity index (χ3v) is 6.43. The minimum absolute atomic E-state index is 0.234. The molecule has 0 aliphatic carbocycles. The topological polar surface area (TPSA) is 51.8 Å². The molecule has 2 aromatic carbocycles. The van der Waals surface area contributed by atoms with E-state index in [9.17, 15) is 4.39 Å². The van der Waals surface area contributed by atoms with Crippen molar-refractivity contribution in [2.75, 3.05) is 18.0 Å². The van der Waals surface area contributed by atoms with Crippen molar-refractivity contribution in [2.45, 2.75) is 26.3 Å². The second-order valence-electron chi connectivity index (χ2n) is 8.67. The minimum Gasteiger partial charge on any atom is -0.371 e. The molecule has 1 unspecified atom stereocenters. The Morgan fingerprint density at radius 1 is 1.03 bits per heavy atom. The van der Waals surface area contributed by atoms with Crippen LogP contribution >= 0.6 is 0 Å². The van der Waals surface area contributed by atoms with Gasteiger partial charge in [-0.1, -0.05) is 19.1 Å². The van der Waals surface area contributed by atoms with Crippen molar-refractivity contribution < 1.29 is 4.39 Å². The predicted molar refractivity (Wildman–Crippen MR) is 118 cm³/mol. The number of hydrogen-bond donors (Lipinski definition) is 0. The van der Waals surface area contributed by atoms with Gasteiger partial charge in [-0.2, -0.15) is 4.68 Å². The number of halogens is 1. The van der Waals surface area contributed by atoms with Gasteiger partial charge in [-0.3, -0.25) is 0 Å². The Morgan fingerprint density at radius 2 is 1.90 bits per heavy atom. The molecule has 2 aliphatic heterocycles. The number of tetrazole rings is 1. The van der Waals surface area contributed by atoms with Crippen LogP contribution in [0.2, 0.25) is 0 Å². The van der Waals surface area contributed by atoms with Crippen molar-refractivity contribution in [3.63, 3.8) is 0 Å². The molecule has 4 aromatic rings. The molecule has 2 aromatic heterocycles. The van der Waals surface area contributed by atoms with Crippen LogP contribution in [0, 0.1) is 11.7 Å². The predicted octanol–water partition coefficient (Wildman–Crippen LogP) is 4.53. The second-order valence-corrected chi connectivity index (χ2v) is 8.67. The summed E-state index contributed by atoms with van der Waals surface area (Å²) in [5, 5.41) is 12.5. The summed E-state index contributed by atoms with van der Waals surface area (Å²) in [6.45, 7) is 5.24. The number of rotatable bonds is 2. The van der Waals surface area contributed by atoms with E-state index >= 15 is 0 Å². The summed E-state index contributed by atoms with van der Waals surface area (Å²) in [6.07, 6.45) is 4.64. The Morgan fingerprint density at radius 3 is 2.74 bits per heavy atom. The van der Waals surface area contributed by atoms with E-state index in [1.165, 1.54) is 36.2 Å². The maximum Gasteiger partial charge on any atom is 0.203 e. The molecular weight excluding hydrogens is 391 g/mol. The van der Waals surface area contributed by atoms with E-state index in [0.29, 0.717) is 18.3 Å². The fourth-order valence-electron chi connectivity index (χ4n) is 4.85. The van der Waals surface area contributed by atoms with Gasteiger partial charge in [-0.25, -0.2) is 4.39 Å². The van der Waals surface area contributed by atoms with Gasteiger partial charge in [0.1, 0.15) is 5.82 Å². The van der Waals surface area contributed by atoms with Crippen molar-refractivity contribution in [1.29, 1.82) is 0 Å². The summed E-state index contributed by atoms with van der Waals surface area (Å²) in [7, 11) is 0. The zero-order valence-corrected chi connectivity index (χ0v) is 17.4. The molecule has 156 valence electrons. The maximum atomic E-state index is 13.4. The van der Waals surface area contributed by atoms with Gasteiger partial charge in [0.25, 0.3) is 0 Å². The van der Waals surface area contributed by atoms with Crippen molar-refractivity contribution in [3.05, 3.63) is 66.1 Å². The highest BCUT2D eigenvalue weighted by Crippen LogP contribution is 2.35. The summed E-state index contributed by atoms with van der Waals surface area (Å²) in [5.41, 5.74) is 6.40. The van der Waals surface area contributed by atoms with Crippen LogP contribution in [-0.2, 0) is 6.54 Å². The van der Waals surface area contributed by atoms with Crippen LogP contribution < -0.4 is 4.90 Å². The molecule has 6 rings (SSSR count). The highest BCUT2D eigenvalue weighted by atomic mass is 19.1. The number of piperidine rings is 1. The SMILES string of the molecule is CC1CCCN(c2ccc3c(c2)Cn2cc(-c4ccc(F)cc4)cc2-c2nnnn2-3)C1. The smallest absolute Gasteiger partial charge is 0.203 e. The Labute approximate surface area is 179 Å². The van der Waals surface area contributed by atoms with E-state index < -0.39 is 0 Å². The molecular formula is C24H23FN6. The van der Waals surface area contributed by atoms with Gasteiger partial charge in [0.15, 0.2) is 0 Å². The molecule has 0 spiro atoms. The van der Waals surface area contributed by atoms with Crippen LogP contribution in [0.25, 0.3) is 28.3 Å². The van der Waals surface area contributed by atoms with E-state index in [4.69, 9.17) is 0 Å². The summed E-state index contributed by atoms with van der Waals surface area (Å²) in [5.74, 6) is 1.20. The summed E-state index contributed by atoms with van der Waals surface area (Å²) in [4.78, 5) is 2.49. The highest BCUT2D eigenvalue weighted by Gasteiger charge is 2.24. The van der Waals surface area contributed by atoms with Crippen LogP contribution in [0.3, 0.4) is 0 Å². The lowest BCUT2D eigenvalue weighted by molar-refractivity contribution is 0.447. The molecule has 7 heteroatoms.